The van der Waals surface area contributed by atoms with E-state index in [1.54, 1.807) is 0 Å². The minimum absolute atomic E-state index is 0.153. The summed E-state index contributed by atoms with van der Waals surface area (Å²) in [5.41, 5.74) is 5.13. The van der Waals surface area contributed by atoms with Crippen molar-refractivity contribution >= 4 is 5.91 Å². The highest BCUT2D eigenvalue weighted by Crippen LogP contribution is 2.14. The van der Waals surface area contributed by atoms with E-state index in [4.69, 9.17) is 5.73 Å². The van der Waals surface area contributed by atoms with Gasteiger partial charge < -0.3 is 5.73 Å². The topological polar surface area (TPSA) is 43.1 Å². The minimum Gasteiger partial charge on any atom is -0.370 e. The minimum atomic E-state index is -0.153. The third-order valence-electron chi connectivity index (χ3n) is 5.08. The highest BCUT2D eigenvalue weighted by Gasteiger charge is 1.96. The molecule has 0 aromatic rings. The lowest BCUT2D eigenvalue weighted by Crippen LogP contribution is -2.09. The molecule has 2 nitrogen and oxygen atoms in total. The molecule has 0 radical (unpaired) electrons. The van der Waals surface area contributed by atoms with Gasteiger partial charge in [-0.05, 0) is 19.3 Å². The molecule has 0 aromatic carbocycles. The van der Waals surface area contributed by atoms with Crippen LogP contribution in [-0.2, 0) is 4.79 Å². The number of primary amides is 1. The predicted octanol–water partition coefficient (Wildman–Crippen LogP) is 7.46. The van der Waals surface area contributed by atoms with Crippen molar-refractivity contribution in [1.82, 2.24) is 0 Å². The summed E-state index contributed by atoms with van der Waals surface area (Å²) < 4.78 is 0. The monoisotopic (exact) mass is 351 g/mol. The molecule has 0 aromatic heterocycles. The zero-order valence-electron chi connectivity index (χ0n) is 16.9. The van der Waals surface area contributed by atoms with Gasteiger partial charge in [0.1, 0.15) is 0 Å². The number of rotatable bonds is 21. The molecule has 0 saturated carbocycles. The maximum Gasteiger partial charge on any atom is 0.217 e. The third kappa shape index (κ3) is 23.2. The van der Waals surface area contributed by atoms with Crippen molar-refractivity contribution in [3.8, 4) is 0 Å². The van der Waals surface area contributed by atoms with Gasteiger partial charge in [-0.3, -0.25) is 4.79 Å². The highest BCUT2D eigenvalue weighted by atomic mass is 16.1. The lowest BCUT2D eigenvalue weighted by atomic mass is 10.0. The summed E-state index contributed by atoms with van der Waals surface area (Å²) in [7, 11) is 0. The number of carbonyl (C=O) groups is 1. The Morgan fingerprint density at radius 1 is 0.560 bits per heavy atom. The van der Waals surface area contributed by atoms with Crippen molar-refractivity contribution in [2.75, 3.05) is 0 Å². The summed E-state index contributed by atoms with van der Waals surface area (Å²) in [6.07, 6.45) is 28.3. The zero-order chi connectivity index (χ0) is 18.4. The van der Waals surface area contributed by atoms with Crippen molar-refractivity contribution in [2.24, 2.45) is 5.73 Å². The van der Waals surface area contributed by atoms with Gasteiger partial charge in [0, 0.05) is 6.42 Å². The predicted molar refractivity (Wildman–Crippen MR) is 112 cm³/mol. The lowest BCUT2D eigenvalue weighted by molar-refractivity contribution is -0.118. The van der Waals surface area contributed by atoms with Crippen LogP contribution in [0.3, 0.4) is 0 Å². The maximum atomic E-state index is 10.6. The molecule has 148 valence electrons. The van der Waals surface area contributed by atoms with E-state index in [1.807, 2.05) is 6.08 Å². The van der Waals surface area contributed by atoms with Gasteiger partial charge in [-0.25, -0.2) is 0 Å². The summed E-state index contributed by atoms with van der Waals surface area (Å²) in [5, 5.41) is 0. The molecule has 0 spiro atoms. The van der Waals surface area contributed by atoms with Gasteiger partial charge in [0.2, 0.25) is 5.91 Å². The first-order chi connectivity index (χ1) is 12.3. The van der Waals surface area contributed by atoms with E-state index in [0.717, 1.165) is 12.8 Å². The molecule has 2 heteroatoms. The maximum absolute atomic E-state index is 10.6. The number of hydrogen-bond donors (Lipinski definition) is 1. The largest absolute Gasteiger partial charge is 0.370 e. The first-order valence-electron chi connectivity index (χ1n) is 11.2. The van der Waals surface area contributed by atoms with Crippen LogP contribution < -0.4 is 5.73 Å². The average Bonchev–Trinajstić information content (AvgIpc) is 2.60. The van der Waals surface area contributed by atoms with Crippen LogP contribution in [0.15, 0.2) is 12.7 Å². The van der Waals surface area contributed by atoms with E-state index in [0.29, 0.717) is 6.42 Å². The van der Waals surface area contributed by atoms with Crippen LogP contribution in [0.2, 0.25) is 0 Å². The van der Waals surface area contributed by atoms with Crippen LogP contribution in [0, 0.1) is 0 Å². The van der Waals surface area contributed by atoms with E-state index in [-0.39, 0.29) is 5.91 Å². The smallest absolute Gasteiger partial charge is 0.217 e. The zero-order valence-corrected chi connectivity index (χ0v) is 16.9. The Morgan fingerprint density at radius 2 is 0.840 bits per heavy atom. The molecule has 0 aliphatic heterocycles. The number of amides is 1. The second-order valence-electron chi connectivity index (χ2n) is 7.66. The van der Waals surface area contributed by atoms with Crippen LogP contribution in [-0.4, -0.2) is 5.91 Å². The van der Waals surface area contributed by atoms with Crippen molar-refractivity contribution in [3.05, 3.63) is 12.7 Å². The molecule has 0 heterocycles. The molecule has 0 atom stereocenters. The Kier molecular flexibility index (Phi) is 20.6. The lowest BCUT2D eigenvalue weighted by Gasteiger charge is -2.04. The molecule has 0 bridgehead atoms. The fraction of sp³-hybridized carbons (Fsp3) is 0.870. The first kappa shape index (κ1) is 24.2. The van der Waals surface area contributed by atoms with Gasteiger partial charge in [-0.2, -0.15) is 0 Å². The molecule has 0 aliphatic carbocycles. The van der Waals surface area contributed by atoms with Crippen LogP contribution in [0.4, 0.5) is 0 Å². The van der Waals surface area contributed by atoms with Gasteiger partial charge in [0.05, 0.1) is 0 Å². The summed E-state index contributed by atoms with van der Waals surface area (Å²) in [6, 6.07) is 0. The van der Waals surface area contributed by atoms with Gasteiger partial charge in [-0.15, -0.1) is 6.58 Å². The van der Waals surface area contributed by atoms with Crippen LogP contribution >= 0.6 is 0 Å². The van der Waals surface area contributed by atoms with Crippen LogP contribution in [0.5, 0.6) is 0 Å². The first-order valence-corrected chi connectivity index (χ1v) is 11.2. The third-order valence-corrected chi connectivity index (χ3v) is 5.08. The number of unbranched alkanes of at least 4 members (excludes halogenated alkanes) is 18. The Labute approximate surface area is 158 Å². The van der Waals surface area contributed by atoms with E-state index < -0.39 is 0 Å². The Morgan fingerprint density at radius 3 is 1.12 bits per heavy atom. The van der Waals surface area contributed by atoms with E-state index >= 15 is 0 Å². The fourth-order valence-electron chi connectivity index (χ4n) is 3.42. The molecule has 2 N–H and O–H groups in total. The van der Waals surface area contributed by atoms with Gasteiger partial charge in [-0.1, -0.05) is 109 Å². The van der Waals surface area contributed by atoms with Crippen molar-refractivity contribution < 1.29 is 4.79 Å². The summed E-state index contributed by atoms with van der Waals surface area (Å²) >= 11 is 0. The van der Waals surface area contributed by atoms with Gasteiger partial charge in [0.15, 0.2) is 0 Å². The van der Waals surface area contributed by atoms with E-state index in [1.165, 1.54) is 109 Å². The normalized spacial score (nSPS) is 10.9. The van der Waals surface area contributed by atoms with Gasteiger partial charge >= 0.3 is 0 Å². The van der Waals surface area contributed by atoms with Crippen molar-refractivity contribution in [2.45, 2.75) is 128 Å². The molecular weight excluding hydrogens is 306 g/mol. The molecule has 0 unspecified atom stereocenters. The van der Waals surface area contributed by atoms with Crippen LogP contribution in [0.25, 0.3) is 0 Å². The van der Waals surface area contributed by atoms with Crippen LogP contribution in [0.1, 0.15) is 128 Å². The Balaban J connectivity index is 2.98. The SMILES string of the molecule is C=CCCCCCCCCCCCCCCCCCCCCC(N)=O. The Hall–Kier alpha value is -0.790. The highest BCUT2D eigenvalue weighted by molar-refractivity contribution is 5.73. The second kappa shape index (κ2) is 21.3. The summed E-state index contributed by atoms with van der Waals surface area (Å²) in [4.78, 5) is 10.6. The summed E-state index contributed by atoms with van der Waals surface area (Å²) in [6.45, 7) is 3.77. The molecule has 0 aliphatic rings. The van der Waals surface area contributed by atoms with Crippen molar-refractivity contribution in [1.29, 1.82) is 0 Å². The number of hydrogen-bond acceptors (Lipinski definition) is 1. The average molecular weight is 352 g/mol. The van der Waals surface area contributed by atoms with Crippen molar-refractivity contribution in [3.63, 3.8) is 0 Å². The quantitative estimate of drug-likeness (QED) is 0.169. The number of nitrogens with two attached hydrogens (primary N) is 1. The fourth-order valence-corrected chi connectivity index (χ4v) is 3.42. The Bertz CT molecular complexity index is 288. The molecule has 0 fully saturated rings. The van der Waals surface area contributed by atoms with E-state index in [2.05, 4.69) is 6.58 Å². The molecule has 0 saturated heterocycles. The van der Waals surface area contributed by atoms with Gasteiger partial charge in [0.25, 0.3) is 0 Å². The van der Waals surface area contributed by atoms with E-state index in [9.17, 15) is 4.79 Å². The molecular formula is C23H45NO. The molecule has 0 rings (SSSR count). The summed E-state index contributed by atoms with van der Waals surface area (Å²) in [5.74, 6) is -0.153. The number of carbonyl (C=O) groups excluding carboxylic acids is 1. The molecule has 1 amide bonds. The number of allylic oxidation sites excluding steroid dienone is 1. The second-order valence-corrected chi connectivity index (χ2v) is 7.66. The molecule has 25 heavy (non-hydrogen) atoms. The standard InChI is InChI=1S/C23H45NO/c1-2-3-4-5-6-7-8-9-10-11-12-13-14-15-16-17-18-19-20-21-22-23(24)25/h2H,1,3-22H2,(H2,24,25).